The van der Waals surface area contributed by atoms with Crippen LogP contribution < -0.4 is 0 Å². The first-order chi connectivity index (χ1) is 9.03. The van der Waals surface area contributed by atoms with Crippen LogP contribution in [0.25, 0.3) is 0 Å². The second kappa shape index (κ2) is 8.01. The van der Waals surface area contributed by atoms with Gasteiger partial charge in [0, 0.05) is 0 Å². The fourth-order valence-corrected chi connectivity index (χ4v) is 1.37. The van der Waals surface area contributed by atoms with E-state index < -0.39 is 62.5 Å². The molecule has 0 aliphatic heterocycles. The molecule has 0 aromatic heterocycles. The van der Waals surface area contributed by atoms with E-state index in [0.717, 1.165) is 0 Å². The second-order valence-corrected chi connectivity index (χ2v) is 4.26. The molecule has 0 aromatic rings. The largest absolute Gasteiger partial charge is 0.382 e. The Morgan fingerprint density at radius 1 is 0.800 bits per heavy atom. The fraction of sp³-hybridized carbons (Fsp3) is 1.00. The summed E-state index contributed by atoms with van der Waals surface area (Å²) in [7, 11) is 0. The van der Waals surface area contributed by atoms with Gasteiger partial charge in [-0.25, -0.2) is 22.0 Å². The van der Waals surface area contributed by atoms with Gasteiger partial charge in [-0.15, -0.1) is 0 Å². The van der Waals surface area contributed by atoms with Gasteiger partial charge < -0.3 is 20.4 Å². The smallest absolute Gasteiger partial charge is 0.306 e. The van der Waals surface area contributed by atoms with Crippen molar-refractivity contribution in [2.45, 2.75) is 55.8 Å². The summed E-state index contributed by atoms with van der Waals surface area (Å²) in [5.74, 6) is -4.07. The third kappa shape index (κ3) is 5.43. The molecule has 4 nitrogen and oxygen atoms in total. The number of rotatable bonds is 9. The van der Waals surface area contributed by atoms with Crippen molar-refractivity contribution in [3.8, 4) is 0 Å². The summed E-state index contributed by atoms with van der Waals surface area (Å²) in [6.45, 7) is -1.00. The highest BCUT2D eigenvalue weighted by molar-refractivity contribution is 4.90. The van der Waals surface area contributed by atoms with Gasteiger partial charge in [0.15, 0.2) is 30.8 Å². The molecule has 6 atom stereocenters. The summed E-state index contributed by atoms with van der Waals surface area (Å²) in [6, 6.07) is 0. The van der Waals surface area contributed by atoms with Gasteiger partial charge in [0.1, 0.15) is 6.17 Å². The number of hydrogen-bond acceptors (Lipinski definition) is 4. The molecule has 0 radical (unpaired) electrons. The van der Waals surface area contributed by atoms with Crippen molar-refractivity contribution in [3.05, 3.63) is 0 Å². The van der Waals surface area contributed by atoms with Crippen molar-refractivity contribution in [3.63, 3.8) is 0 Å². The van der Waals surface area contributed by atoms with Gasteiger partial charge in [0.25, 0.3) is 0 Å². The van der Waals surface area contributed by atoms with E-state index in [9.17, 15) is 26.3 Å². The molecular weight excluding hydrogens is 298 g/mol. The minimum absolute atomic E-state index is 0.444. The molecule has 0 rings (SSSR count). The molecule has 6 unspecified atom stereocenters. The van der Waals surface area contributed by atoms with Crippen LogP contribution in [0.3, 0.4) is 0 Å². The summed E-state index contributed by atoms with van der Waals surface area (Å²) in [5.41, 5.74) is 0. The normalized spacial score (nSPS) is 21.9. The Bertz CT molecular complexity index is 277. The average Bonchev–Trinajstić information content (AvgIpc) is 2.39. The lowest BCUT2D eigenvalue weighted by molar-refractivity contribution is -0.365. The van der Waals surface area contributed by atoms with E-state index in [-0.39, 0.29) is 0 Å². The molecule has 0 aromatic carbocycles. The van der Waals surface area contributed by atoms with Crippen LogP contribution >= 0.6 is 0 Å². The summed E-state index contributed by atoms with van der Waals surface area (Å²) in [6.07, 6.45) is -20.4. The van der Waals surface area contributed by atoms with Crippen LogP contribution in [0.1, 0.15) is 12.8 Å². The van der Waals surface area contributed by atoms with Gasteiger partial charge in [-0.1, -0.05) is 0 Å². The monoisotopic (exact) mass is 314 g/mol. The highest BCUT2D eigenvalue weighted by Crippen LogP contribution is 2.26. The zero-order valence-corrected chi connectivity index (χ0v) is 10.1. The van der Waals surface area contributed by atoms with Crippen LogP contribution in [0, 0.1) is 0 Å². The van der Waals surface area contributed by atoms with E-state index in [0.29, 0.717) is 0 Å². The highest BCUT2D eigenvalue weighted by Gasteiger charge is 2.48. The fourth-order valence-electron chi connectivity index (χ4n) is 1.37. The quantitative estimate of drug-likeness (QED) is 0.367. The van der Waals surface area contributed by atoms with E-state index in [1.807, 2.05) is 0 Å². The van der Waals surface area contributed by atoms with Gasteiger partial charge in [0.05, 0.1) is 6.67 Å². The molecule has 122 valence electrons. The van der Waals surface area contributed by atoms with Crippen molar-refractivity contribution in [2.24, 2.45) is 0 Å². The maximum atomic E-state index is 13.2. The molecule has 0 aliphatic rings. The van der Waals surface area contributed by atoms with Gasteiger partial charge in [-0.3, -0.25) is 4.39 Å². The Morgan fingerprint density at radius 3 is 1.65 bits per heavy atom. The molecule has 0 saturated heterocycles. The van der Waals surface area contributed by atoms with Crippen molar-refractivity contribution >= 4 is 0 Å². The molecule has 0 bridgehead atoms. The maximum Gasteiger partial charge on any atom is 0.306 e. The molecule has 0 amide bonds. The van der Waals surface area contributed by atoms with Gasteiger partial charge in [-0.2, -0.15) is 0 Å². The molecular formula is C10H16F6O4. The first-order valence-electron chi connectivity index (χ1n) is 5.65. The zero-order valence-electron chi connectivity index (χ0n) is 10.1. The van der Waals surface area contributed by atoms with E-state index >= 15 is 0 Å². The molecule has 10 heteroatoms. The van der Waals surface area contributed by atoms with Crippen LogP contribution in [-0.4, -0.2) is 70.0 Å². The number of halogens is 6. The number of hydrogen-bond donors (Lipinski definition) is 4. The minimum atomic E-state index is -4.07. The molecule has 0 aliphatic carbocycles. The standard InChI is InChI=1S/C10H16F6O4/c11-3-1-2-4(12)5(13)6(14)7(15)8(16)9(17)10(18,19)20/h4-9,17-20H,1-3H2. The minimum Gasteiger partial charge on any atom is -0.382 e. The summed E-state index contributed by atoms with van der Waals surface area (Å²) in [4.78, 5) is 0. The zero-order chi connectivity index (χ0) is 16.1. The average molecular weight is 314 g/mol. The molecule has 4 N–H and O–H groups in total. The van der Waals surface area contributed by atoms with E-state index in [1.54, 1.807) is 0 Å². The third-order valence-corrected chi connectivity index (χ3v) is 2.57. The Hall–Kier alpha value is -0.580. The predicted octanol–water partition coefficient (Wildman–Crippen LogP) is 0.418. The molecule has 0 fully saturated rings. The third-order valence-electron chi connectivity index (χ3n) is 2.57. The first-order valence-corrected chi connectivity index (χ1v) is 5.65. The number of alkyl halides is 6. The second-order valence-electron chi connectivity index (χ2n) is 4.26. The van der Waals surface area contributed by atoms with Crippen LogP contribution in [0.15, 0.2) is 0 Å². The lowest BCUT2D eigenvalue weighted by Crippen LogP contribution is -2.53. The lowest BCUT2D eigenvalue weighted by Gasteiger charge is -2.28. The number of aliphatic hydroxyl groups excluding tert-OH is 1. The Balaban J connectivity index is 4.63. The molecule has 20 heavy (non-hydrogen) atoms. The van der Waals surface area contributed by atoms with Gasteiger partial charge in [0.2, 0.25) is 0 Å². The van der Waals surface area contributed by atoms with Crippen LogP contribution in [0.2, 0.25) is 0 Å². The highest BCUT2D eigenvalue weighted by atomic mass is 19.2. The van der Waals surface area contributed by atoms with E-state index in [4.69, 9.17) is 20.4 Å². The van der Waals surface area contributed by atoms with E-state index in [2.05, 4.69) is 0 Å². The Kier molecular flexibility index (Phi) is 7.78. The lowest BCUT2D eigenvalue weighted by atomic mass is 9.98. The van der Waals surface area contributed by atoms with E-state index in [1.165, 1.54) is 0 Å². The Morgan fingerprint density at radius 2 is 1.25 bits per heavy atom. The summed E-state index contributed by atoms with van der Waals surface area (Å²) >= 11 is 0. The summed E-state index contributed by atoms with van der Waals surface area (Å²) < 4.78 is 77.3. The summed E-state index contributed by atoms with van der Waals surface area (Å²) in [5, 5.41) is 33.9. The van der Waals surface area contributed by atoms with Gasteiger partial charge >= 0.3 is 5.97 Å². The SMILES string of the molecule is OC(C(F)C(F)C(F)C(F)C(F)CCCF)C(O)(O)O. The van der Waals surface area contributed by atoms with Crippen molar-refractivity contribution < 1.29 is 46.8 Å². The number of aliphatic hydroxyl groups is 4. The van der Waals surface area contributed by atoms with Gasteiger partial charge in [-0.05, 0) is 12.8 Å². The first kappa shape index (κ1) is 19.4. The maximum absolute atomic E-state index is 13.2. The van der Waals surface area contributed by atoms with Crippen LogP contribution in [0.4, 0.5) is 26.3 Å². The molecule has 0 spiro atoms. The molecule has 0 heterocycles. The molecule has 0 saturated carbocycles. The predicted molar refractivity (Wildman–Crippen MR) is 55.1 cm³/mol. The topological polar surface area (TPSA) is 80.9 Å². The van der Waals surface area contributed by atoms with Crippen molar-refractivity contribution in [2.75, 3.05) is 6.67 Å². The van der Waals surface area contributed by atoms with Crippen LogP contribution in [-0.2, 0) is 0 Å². The Labute approximate surface area is 110 Å². The van der Waals surface area contributed by atoms with Crippen molar-refractivity contribution in [1.82, 2.24) is 0 Å². The van der Waals surface area contributed by atoms with Crippen LogP contribution in [0.5, 0.6) is 0 Å². The van der Waals surface area contributed by atoms with Crippen molar-refractivity contribution in [1.29, 1.82) is 0 Å².